The molecular formula is C20H29N3O3S. The van der Waals surface area contributed by atoms with Gasteiger partial charge in [0.2, 0.25) is 5.91 Å². The molecule has 1 aromatic heterocycles. The van der Waals surface area contributed by atoms with E-state index in [-0.39, 0.29) is 23.8 Å². The predicted octanol–water partition coefficient (Wildman–Crippen LogP) is 3.15. The van der Waals surface area contributed by atoms with E-state index in [0.717, 1.165) is 21.8 Å². The van der Waals surface area contributed by atoms with Gasteiger partial charge >= 0.3 is 6.03 Å². The summed E-state index contributed by atoms with van der Waals surface area (Å²) in [6.45, 7) is 8.68. The molecule has 2 aliphatic rings. The third kappa shape index (κ3) is 3.88. The Kier molecular flexibility index (Phi) is 5.10. The normalized spacial score (nSPS) is 27.1. The maximum absolute atomic E-state index is 13.1. The zero-order valence-electron chi connectivity index (χ0n) is 16.8. The van der Waals surface area contributed by atoms with Crippen LogP contribution in [-0.4, -0.2) is 46.8 Å². The van der Waals surface area contributed by atoms with E-state index in [2.05, 4.69) is 26.1 Å². The van der Waals surface area contributed by atoms with Gasteiger partial charge in [-0.15, -0.1) is 11.3 Å². The minimum Gasteiger partial charge on any atom is -0.339 e. The first kappa shape index (κ1) is 19.9. The third-order valence-corrected chi connectivity index (χ3v) is 6.70. The first-order chi connectivity index (χ1) is 12.5. The molecule has 4 amide bonds. The van der Waals surface area contributed by atoms with Crippen molar-refractivity contribution in [3.8, 4) is 0 Å². The van der Waals surface area contributed by atoms with Crippen molar-refractivity contribution in [3.05, 3.63) is 21.9 Å². The number of amides is 4. The van der Waals surface area contributed by atoms with Crippen LogP contribution in [0.25, 0.3) is 0 Å². The third-order valence-electron chi connectivity index (χ3n) is 5.69. The molecule has 27 heavy (non-hydrogen) atoms. The van der Waals surface area contributed by atoms with E-state index in [1.54, 1.807) is 23.3 Å². The van der Waals surface area contributed by atoms with E-state index in [9.17, 15) is 14.4 Å². The average Bonchev–Trinajstić information content (AvgIpc) is 3.02. The van der Waals surface area contributed by atoms with Crippen molar-refractivity contribution in [2.24, 2.45) is 11.3 Å². The van der Waals surface area contributed by atoms with Crippen molar-refractivity contribution >= 4 is 29.2 Å². The lowest BCUT2D eigenvalue weighted by molar-refractivity contribution is -0.140. The Morgan fingerprint density at radius 2 is 2.07 bits per heavy atom. The van der Waals surface area contributed by atoms with E-state index in [1.807, 2.05) is 18.4 Å². The Bertz CT molecular complexity index is 772. The van der Waals surface area contributed by atoms with Crippen LogP contribution in [0.1, 0.15) is 50.5 Å². The molecule has 7 heteroatoms. The topological polar surface area (TPSA) is 69.7 Å². The molecule has 1 saturated carbocycles. The van der Waals surface area contributed by atoms with Crippen LogP contribution in [0.5, 0.6) is 0 Å². The second-order valence-corrected chi connectivity index (χ2v) is 10.0. The van der Waals surface area contributed by atoms with E-state index in [1.165, 1.54) is 0 Å². The highest BCUT2D eigenvalue weighted by Gasteiger charge is 2.56. The minimum atomic E-state index is -0.860. The van der Waals surface area contributed by atoms with Crippen LogP contribution in [0.4, 0.5) is 4.79 Å². The lowest BCUT2D eigenvalue weighted by atomic mass is 9.64. The summed E-state index contributed by atoms with van der Waals surface area (Å²) in [6.07, 6.45) is 2.28. The molecule has 6 nitrogen and oxygen atoms in total. The number of hydrogen-bond donors (Lipinski definition) is 1. The van der Waals surface area contributed by atoms with Crippen molar-refractivity contribution < 1.29 is 14.4 Å². The smallest absolute Gasteiger partial charge is 0.325 e. The molecule has 2 fully saturated rings. The van der Waals surface area contributed by atoms with Crippen LogP contribution < -0.4 is 5.32 Å². The number of rotatable bonds is 4. The number of imide groups is 1. The summed E-state index contributed by atoms with van der Waals surface area (Å²) < 4.78 is 0. The van der Waals surface area contributed by atoms with E-state index in [4.69, 9.17) is 0 Å². The van der Waals surface area contributed by atoms with Crippen molar-refractivity contribution in [2.45, 2.75) is 59.0 Å². The molecule has 1 aromatic rings. The molecule has 2 heterocycles. The number of urea groups is 1. The number of thiophene rings is 1. The Labute approximate surface area is 164 Å². The Morgan fingerprint density at radius 1 is 1.37 bits per heavy atom. The number of nitrogens with one attached hydrogen (secondary N) is 1. The van der Waals surface area contributed by atoms with Gasteiger partial charge in [-0.3, -0.25) is 14.5 Å². The largest absolute Gasteiger partial charge is 0.339 e. The molecular weight excluding hydrogens is 362 g/mol. The molecule has 3 rings (SSSR count). The van der Waals surface area contributed by atoms with Gasteiger partial charge in [-0.2, -0.15) is 0 Å². The van der Waals surface area contributed by atoms with Crippen LogP contribution in [0.2, 0.25) is 0 Å². The van der Waals surface area contributed by atoms with Crippen LogP contribution in [0, 0.1) is 18.3 Å². The number of aryl methyl sites for hydroxylation is 1. The molecule has 0 bridgehead atoms. The second kappa shape index (κ2) is 6.93. The molecule has 2 atom stereocenters. The van der Waals surface area contributed by atoms with E-state index in [0.29, 0.717) is 25.3 Å². The summed E-state index contributed by atoms with van der Waals surface area (Å²) in [4.78, 5) is 42.1. The highest BCUT2D eigenvalue weighted by molar-refractivity contribution is 7.10. The van der Waals surface area contributed by atoms with E-state index >= 15 is 0 Å². The van der Waals surface area contributed by atoms with Crippen molar-refractivity contribution in [2.75, 3.05) is 13.6 Å². The summed E-state index contributed by atoms with van der Waals surface area (Å²) in [5, 5.41) is 4.92. The van der Waals surface area contributed by atoms with Crippen LogP contribution in [-0.2, 0) is 16.1 Å². The van der Waals surface area contributed by atoms with Gasteiger partial charge in [-0.25, -0.2) is 4.79 Å². The number of carbonyl (C=O) groups excluding carboxylic acids is 3. The highest BCUT2D eigenvalue weighted by Crippen LogP contribution is 2.46. The molecule has 1 aliphatic heterocycles. The van der Waals surface area contributed by atoms with Gasteiger partial charge in [-0.1, -0.05) is 20.8 Å². The standard InChI is InChI=1S/C20H29N3O3S/c1-13-8-19(3,4)12-20(9-13)17(25)23(18(26)21-20)11-16(24)22(5)10-15-14(2)6-7-27-15/h6-7,13H,8-12H2,1-5H3,(H,21,26). The van der Waals surface area contributed by atoms with Crippen LogP contribution in [0.3, 0.4) is 0 Å². The molecule has 1 spiro atoms. The Morgan fingerprint density at radius 3 is 2.67 bits per heavy atom. The zero-order valence-corrected chi connectivity index (χ0v) is 17.6. The van der Waals surface area contributed by atoms with Gasteiger partial charge in [0, 0.05) is 11.9 Å². The van der Waals surface area contributed by atoms with Crippen LogP contribution >= 0.6 is 11.3 Å². The highest BCUT2D eigenvalue weighted by atomic mass is 32.1. The maximum atomic E-state index is 13.1. The molecule has 148 valence electrons. The summed E-state index contributed by atoms with van der Waals surface area (Å²) in [5.74, 6) is -0.134. The minimum absolute atomic E-state index is 0.0197. The molecule has 2 unspecified atom stereocenters. The fourth-order valence-corrected chi connectivity index (χ4v) is 5.73. The van der Waals surface area contributed by atoms with Crippen molar-refractivity contribution in [1.82, 2.24) is 15.1 Å². The van der Waals surface area contributed by atoms with Gasteiger partial charge in [-0.05, 0) is 54.5 Å². The summed E-state index contributed by atoms with van der Waals surface area (Å²) in [6, 6.07) is 1.57. The van der Waals surface area contributed by atoms with E-state index < -0.39 is 11.6 Å². The van der Waals surface area contributed by atoms with Gasteiger partial charge in [0.05, 0.1) is 6.54 Å². The SMILES string of the molecule is Cc1ccsc1CN(C)C(=O)CN1C(=O)NC2(CC(C)CC(C)(C)C2)C1=O. The van der Waals surface area contributed by atoms with Crippen LogP contribution in [0.15, 0.2) is 11.4 Å². The Hall–Kier alpha value is -1.89. The van der Waals surface area contributed by atoms with Crippen molar-refractivity contribution in [3.63, 3.8) is 0 Å². The van der Waals surface area contributed by atoms with Gasteiger partial charge in [0.15, 0.2) is 0 Å². The van der Waals surface area contributed by atoms with Gasteiger partial charge < -0.3 is 10.2 Å². The number of carbonyl (C=O) groups is 3. The maximum Gasteiger partial charge on any atom is 0.325 e. The van der Waals surface area contributed by atoms with Crippen molar-refractivity contribution in [1.29, 1.82) is 0 Å². The zero-order chi connectivity index (χ0) is 20.0. The second-order valence-electron chi connectivity index (χ2n) is 9.03. The predicted molar refractivity (Wildman–Crippen MR) is 105 cm³/mol. The number of nitrogens with zero attached hydrogens (tertiary/aromatic N) is 2. The molecule has 1 saturated heterocycles. The lowest BCUT2D eigenvalue weighted by Crippen LogP contribution is -2.54. The lowest BCUT2D eigenvalue weighted by Gasteiger charge is -2.43. The van der Waals surface area contributed by atoms with Gasteiger partial charge in [0.25, 0.3) is 5.91 Å². The first-order valence-electron chi connectivity index (χ1n) is 9.44. The molecule has 0 radical (unpaired) electrons. The molecule has 1 N–H and O–H groups in total. The first-order valence-corrected chi connectivity index (χ1v) is 10.3. The fraction of sp³-hybridized carbons (Fsp3) is 0.650. The molecule has 1 aliphatic carbocycles. The average molecular weight is 392 g/mol. The number of hydrogen-bond acceptors (Lipinski definition) is 4. The summed E-state index contributed by atoms with van der Waals surface area (Å²) in [7, 11) is 1.71. The van der Waals surface area contributed by atoms with Gasteiger partial charge in [0.1, 0.15) is 12.1 Å². The number of likely N-dealkylation sites (N-methyl/N-ethyl adjacent to an activating group) is 1. The fourth-order valence-electron chi connectivity index (χ4n) is 4.78. The summed E-state index contributed by atoms with van der Waals surface area (Å²) in [5.41, 5.74) is 0.266. The Balaban J connectivity index is 1.70. The monoisotopic (exact) mass is 391 g/mol. The molecule has 0 aromatic carbocycles. The quantitative estimate of drug-likeness (QED) is 0.802. The summed E-state index contributed by atoms with van der Waals surface area (Å²) >= 11 is 1.60.